The first kappa shape index (κ1) is 33.0. The highest BCUT2D eigenvalue weighted by molar-refractivity contribution is 6.31. The minimum Gasteiger partial charge on any atom is -0.481 e. The van der Waals surface area contributed by atoms with Gasteiger partial charge in [-0.2, -0.15) is 0 Å². The number of rotatable bonds is 8. The van der Waals surface area contributed by atoms with Crippen molar-refractivity contribution in [1.82, 2.24) is 9.55 Å². The summed E-state index contributed by atoms with van der Waals surface area (Å²) in [4.78, 5) is 17.9. The average Bonchev–Trinajstić information content (AvgIpc) is 3.23. The zero-order valence-electron chi connectivity index (χ0n) is 25.5. The molecule has 2 aromatic carbocycles. The molecule has 0 fully saturated rings. The van der Waals surface area contributed by atoms with E-state index < -0.39 is 0 Å². The third kappa shape index (κ3) is 8.41. The van der Waals surface area contributed by atoms with Crippen molar-refractivity contribution in [1.29, 1.82) is 0 Å². The van der Waals surface area contributed by atoms with Gasteiger partial charge in [-0.25, -0.2) is 9.37 Å². The Morgan fingerprint density at radius 1 is 1.05 bits per heavy atom. The number of aryl methyl sites for hydroxylation is 1. The molecule has 0 N–H and O–H groups in total. The van der Waals surface area contributed by atoms with Gasteiger partial charge in [-0.1, -0.05) is 91.3 Å². The molecule has 0 amide bonds. The number of carbonyl (C=O) groups is 1. The Bertz CT molecular complexity index is 1410. The number of carbonyl (C=O) groups excluding carboxylic acids is 1. The Balaban J connectivity index is 0.000000722. The van der Waals surface area contributed by atoms with Crippen LogP contribution in [0, 0.1) is 11.2 Å². The number of benzene rings is 2. The van der Waals surface area contributed by atoms with E-state index in [0.29, 0.717) is 46.0 Å². The van der Waals surface area contributed by atoms with Gasteiger partial charge in [0.2, 0.25) is 5.88 Å². The van der Waals surface area contributed by atoms with Gasteiger partial charge in [-0.15, -0.1) is 0 Å². The summed E-state index contributed by atoms with van der Waals surface area (Å²) >= 11 is 6.32. The number of halogens is 2. The lowest BCUT2D eigenvalue weighted by Gasteiger charge is -2.13. The number of fused-ring (bicyclic) bond motifs is 1. The Hall–Kier alpha value is -3.18. The third-order valence-electron chi connectivity index (χ3n) is 5.84. The van der Waals surface area contributed by atoms with Crippen LogP contribution in [0.4, 0.5) is 4.39 Å². The first-order valence-electron chi connectivity index (χ1n) is 14.1. The number of hydrogen-bond donors (Lipinski definition) is 0. The van der Waals surface area contributed by atoms with Gasteiger partial charge in [0.05, 0.1) is 24.4 Å². The highest BCUT2D eigenvalue weighted by Crippen LogP contribution is 2.41. The summed E-state index contributed by atoms with van der Waals surface area (Å²) in [6, 6.07) is 14.6. The van der Waals surface area contributed by atoms with Gasteiger partial charge in [0.25, 0.3) is 0 Å². The van der Waals surface area contributed by atoms with Crippen molar-refractivity contribution in [2.45, 2.75) is 81.2 Å². The second kappa shape index (κ2) is 15.0. The third-order valence-corrected chi connectivity index (χ3v) is 6.05. The lowest BCUT2D eigenvalue weighted by atomic mass is 9.98. The molecule has 216 valence electrons. The topological polar surface area (TPSA) is 44.1 Å². The van der Waals surface area contributed by atoms with E-state index in [-0.39, 0.29) is 18.1 Å². The van der Waals surface area contributed by atoms with Crippen molar-refractivity contribution in [3.05, 3.63) is 82.4 Å². The second-order valence-electron chi connectivity index (χ2n) is 11.0. The molecule has 0 saturated heterocycles. The highest BCUT2D eigenvalue weighted by atomic mass is 35.5. The first-order chi connectivity index (χ1) is 19.0. The fourth-order valence-corrected chi connectivity index (χ4v) is 4.42. The quantitative estimate of drug-likeness (QED) is 0.199. The summed E-state index contributed by atoms with van der Waals surface area (Å²) in [7, 11) is 1.54. The van der Waals surface area contributed by atoms with E-state index in [1.54, 1.807) is 31.4 Å². The molecule has 0 radical (unpaired) electrons. The summed E-state index contributed by atoms with van der Waals surface area (Å²) in [6.07, 6.45) is 3.44. The van der Waals surface area contributed by atoms with Gasteiger partial charge in [0.15, 0.2) is 5.78 Å². The standard InChI is InChI=1S/C27H26ClFN2O2.C5H12.C2H6/c1-4-8-24(32)26-25(21-14-19(28)15-30-27(21)33-3)20-13-17(5-2)11-12-23(20)31(26)16-18-9-6-7-10-22(18)29;1-5(2,3)4;1-2/h6-7,9-15H,4-5,8,16H2,1-3H3;1-4H3;1-2H3. The SMILES string of the molecule is CC.CC(C)(C)C.CCCC(=O)c1c(-c2cc(Cl)cnc2OC)c2cc(CC)ccc2n1Cc1ccccc1F. The molecule has 2 aromatic heterocycles. The smallest absolute Gasteiger partial charge is 0.221 e. The number of Topliss-reactive ketones (excluding diaryl/α,β-unsaturated/α-hetero) is 1. The summed E-state index contributed by atoms with van der Waals surface area (Å²) in [6.45, 7) is 17.0. The van der Waals surface area contributed by atoms with Gasteiger partial charge in [0, 0.05) is 40.2 Å². The largest absolute Gasteiger partial charge is 0.481 e. The van der Waals surface area contributed by atoms with E-state index >= 15 is 0 Å². The van der Waals surface area contributed by atoms with Gasteiger partial charge in [-0.05, 0) is 48.1 Å². The summed E-state index contributed by atoms with van der Waals surface area (Å²) < 4.78 is 22.1. The van der Waals surface area contributed by atoms with E-state index in [1.165, 1.54) is 12.3 Å². The molecule has 0 bridgehead atoms. The van der Waals surface area contributed by atoms with Crippen LogP contribution in [0.1, 0.15) is 89.8 Å². The van der Waals surface area contributed by atoms with E-state index in [2.05, 4.69) is 45.7 Å². The van der Waals surface area contributed by atoms with Crippen molar-refractivity contribution in [3.63, 3.8) is 0 Å². The van der Waals surface area contributed by atoms with Crippen LogP contribution in [0.2, 0.25) is 5.02 Å². The van der Waals surface area contributed by atoms with E-state index in [0.717, 1.165) is 28.5 Å². The molecule has 0 aliphatic rings. The Kier molecular flexibility index (Phi) is 12.4. The van der Waals surface area contributed by atoms with Crippen molar-refractivity contribution in [2.24, 2.45) is 5.41 Å². The number of pyridine rings is 1. The number of aromatic nitrogens is 2. The number of nitrogens with zero attached hydrogens (tertiary/aromatic N) is 2. The zero-order valence-corrected chi connectivity index (χ0v) is 26.2. The molecular weight excluding hydrogens is 523 g/mol. The van der Waals surface area contributed by atoms with Crippen LogP contribution in [0.25, 0.3) is 22.0 Å². The number of ether oxygens (including phenoxy) is 1. The minimum atomic E-state index is -0.304. The lowest BCUT2D eigenvalue weighted by molar-refractivity contribution is 0.0974. The first-order valence-corrected chi connectivity index (χ1v) is 14.5. The predicted octanol–water partition coefficient (Wildman–Crippen LogP) is 10.2. The van der Waals surface area contributed by atoms with Crippen molar-refractivity contribution in [3.8, 4) is 17.0 Å². The number of hydrogen-bond acceptors (Lipinski definition) is 3. The zero-order chi connectivity index (χ0) is 30.0. The van der Waals surface area contributed by atoms with Crippen LogP contribution in [-0.2, 0) is 13.0 Å². The van der Waals surface area contributed by atoms with Crippen LogP contribution < -0.4 is 4.74 Å². The monoisotopic (exact) mass is 566 g/mol. The maximum absolute atomic E-state index is 14.6. The summed E-state index contributed by atoms with van der Waals surface area (Å²) in [5, 5.41) is 1.34. The van der Waals surface area contributed by atoms with Gasteiger partial charge < -0.3 is 9.30 Å². The fourth-order valence-electron chi connectivity index (χ4n) is 4.26. The fraction of sp³-hybridized carbons (Fsp3) is 0.412. The predicted molar refractivity (Wildman–Crippen MR) is 167 cm³/mol. The Morgan fingerprint density at radius 3 is 2.27 bits per heavy atom. The van der Waals surface area contributed by atoms with E-state index in [9.17, 15) is 9.18 Å². The Labute approximate surface area is 244 Å². The van der Waals surface area contributed by atoms with Crippen LogP contribution in [-0.4, -0.2) is 22.4 Å². The van der Waals surface area contributed by atoms with Crippen molar-refractivity contribution in [2.75, 3.05) is 7.11 Å². The van der Waals surface area contributed by atoms with Crippen molar-refractivity contribution >= 4 is 28.3 Å². The van der Waals surface area contributed by atoms with Crippen LogP contribution in [0.15, 0.2) is 54.7 Å². The molecule has 0 unspecified atom stereocenters. The van der Waals surface area contributed by atoms with Gasteiger partial charge in [0.1, 0.15) is 5.82 Å². The van der Waals surface area contributed by atoms with Crippen LogP contribution in [0.5, 0.6) is 5.88 Å². The molecule has 4 rings (SSSR count). The molecule has 0 aliphatic carbocycles. The van der Waals surface area contributed by atoms with Crippen LogP contribution >= 0.6 is 11.6 Å². The average molecular weight is 567 g/mol. The number of methoxy groups -OCH3 is 1. The molecular formula is C34H44ClFN2O2. The van der Waals surface area contributed by atoms with E-state index in [1.807, 2.05) is 37.5 Å². The molecule has 40 heavy (non-hydrogen) atoms. The summed E-state index contributed by atoms with van der Waals surface area (Å²) in [5.41, 5.74) is 4.90. The molecule has 0 spiro atoms. The van der Waals surface area contributed by atoms with Crippen LogP contribution in [0.3, 0.4) is 0 Å². The molecule has 4 nitrogen and oxygen atoms in total. The molecule has 0 atom stereocenters. The van der Waals surface area contributed by atoms with Crippen molar-refractivity contribution < 1.29 is 13.9 Å². The molecule has 0 saturated carbocycles. The Morgan fingerprint density at radius 2 is 1.70 bits per heavy atom. The van der Waals surface area contributed by atoms with E-state index in [4.69, 9.17) is 16.3 Å². The second-order valence-corrected chi connectivity index (χ2v) is 11.4. The van der Waals surface area contributed by atoms with Gasteiger partial charge in [-0.3, -0.25) is 4.79 Å². The maximum Gasteiger partial charge on any atom is 0.221 e. The molecule has 6 heteroatoms. The number of ketones is 1. The maximum atomic E-state index is 14.6. The van der Waals surface area contributed by atoms with Gasteiger partial charge >= 0.3 is 0 Å². The molecule has 2 heterocycles. The summed E-state index contributed by atoms with van der Waals surface area (Å²) in [5.74, 6) is 0.0684. The lowest BCUT2D eigenvalue weighted by Crippen LogP contribution is -2.12. The molecule has 0 aliphatic heterocycles. The normalized spacial score (nSPS) is 10.9. The highest BCUT2D eigenvalue weighted by Gasteiger charge is 2.26. The molecule has 4 aromatic rings. The minimum absolute atomic E-state index is 0.0138.